The van der Waals surface area contributed by atoms with Gasteiger partial charge in [-0.2, -0.15) is 11.3 Å². The van der Waals surface area contributed by atoms with E-state index in [0.717, 1.165) is 51.7 Å². The summed E-state index contributed by atoms with van der Waals surface area (Å²) in [7, 11) is 0. The number of carboxylic acids is 1. The fraction of sp³-hybridized carbons (Fsp3) is 0.667. The van der Waals surface area contributed by atoms with Gasteiger partial charge in [0.15, 0.2) is 0 Å². The molecule has 0 bridgehead atoms. The van der Waals surface area contributed by atoms with E-state index in [1.807, 2.05) is 0 Å². The van der Waals surface area contributed by atoms with Crippen molar-refractivity contribution in [3.63, 3.8) is 0 Å². The second-order valence-electron chi connectivity index (χ2n) is 5.60. The predicted molar refractivity (Wildman–Crippen MR) is 78.7 cm³/mol. The summed E-state index contributed by atoms with van der Waals surface area (Å²) >= 11 is 1.73. The van der Waals surface area contributed by atoms with Gasteiger partial charge in [0.1, 0.15) is 0 Å². The highest BCUT2D eigenvalue weighted by molar-refractivity contribution is 7.07. The molecule has 1 saturated heterocycles. The van der Waals surface area contributed by atoms with E-state index in [4.69, 9.17) is 0 Å². The number of carboxylic acid groups (broad SMARTS) is 1. The highest BCUT2D eigenvalue weighted by Gasteiger charge is 2.41. The Hall–Kier alpha value is -0.870. The summed E-state index contributed by atoms with van der Waals surface area (Å²) in [5, 5.41) is 13.8. The smallest absolute Gasteiger partial charge is 0.310 e. The minimum Gasteiger partial charge on any atom is -0.481 e. The van der Waals surface area contributed by atoms with Crippen LogP contribution in [0.15, 0.2) is 16.8 Å². The van der Waals surface area contributed by atoms with Crippen molar-refractivity contribution < 1.29 is 9.90 Å². The molecule has 1 aromatic heterocycles. The van der Waals surface area contributed by atoms with E-state index < -0.39 is 11.4 Å². The highest BCUT2D eigenvalue weighted by atomic mass is 32.1. The van der Waals surface area contributed by atoms with E-state index in [1.165, 1.54) is 5.56 Å². The maximum atomic E-state index is 11.6. The third kappa shape index (κ3) is 3.57. The van der Waals surface area contributed by atoms with Gasteiger partial charge in [-0.25, -0.2) is 0 Å². The minimum atomic E-state index is -0.602. The van der Waals surface area contributed by atoms with Gasteiger partial charge in [-0.1, -0.05) is 13.3 Å². The van der Waals surface area contributed by atoms with Crippen molar-refractivity contribution in [3.8, 4) is 0 Å². The first kappa shape index (κ1) is 14.5. The normalized spacial score (nSPS) is 24.5. The molecule has 1 atom stereocenters. The van der Waals surface area contributed by atoms with Gasteiger partial charge in [0.25, 0.3) is 0 Å². The number of hydrogen-bond acceptors (Lipinski definition) is 3. The molecule has 0 aromatic carbocycles. The SMILES string of the molecule is CCCC1(C(=O)O)CCCN(CCc2ccsc2)C1. The number of aliphatic carboxylic acids is 1. The van der Waals surface area contributed by atoms with Crippen LogP contribution in [0, 0.1) is 5.41 Å². The van der Waals surface area contributed by atoms with Crippen LogP contribution >= 0.6 is 11.3 Å². The van der Waals surface area contributed by atoms with Crippen LogP contribution in [-0.2, 0) is 11.2 Å². The third-order valence-electron chi connectivity index (χ3n) is 4.13. The lowest BCUT2D eigenvalue weighted by Gasteiger charge is -2.40. The summed E-state index contributed by atoms with van der Waals surface area (Å²) in [6.07, 6.45) is 4.63. The van der Waals surface area contributed by atoms with Crippen LogP contribution in [-0.4, -0.2) is 35.6 Å². The molecule has 106 valence electrons. The number of piperidine rings is 1. The van der Waals surface area contributed by atoms with Crippen molar-refractivity contribution >= 4 is 17.3 Å². The van der Waals surface area contributed by atoms with Crippen LogP contribution in [0.2, 0.25) is 0 Å². The molecule has 1 N–H and O–H groups in total. The topological polar surface area (TPSA) is 40.5 Å². The molecule has 1 fully saturated rings. The standard InChI is InChI=1S/C15H23NO2S/c1-2-6-15(14(17)18)7-3-8-16(12-15)9-4-13-5-10-19-11-13/h5,10-11H,2-4,6-9,12H2,1H3,(H,17,18). The number of thiophene rings is 1. The number of nitrogens with zero attached hydrogens (tertiary/aromatic N) is 1. The zero-order valence-electron chi connectivity index (χ0n) is 11.6. The molecule has 2 rings (SSSR count). The molecule has 0 aliphatic carbocycles. The predicted octanol–water partition coefficient (Wildman–Crippen LogP) is 3.26. The van der Waals surface area contributed by atoms with E-state index in [-0.39, 0.29) is 0 Å². The Kier molecular flexibility index (Phi) is 4.99. The van der Waals surface area contributed by atoms with Gasteiger partial charge in [-0.05, 0) is 54.6 Å². The van der Waals surface area contributed by atoms with Gasteiger partial charge in [0.2, 0.25) is 0 Å². The van der Waals surface area contributed by atoms with E-state index in [2.05, 4.69) is 28.7 Å². The Morgan fingerprint density at radius 3 is 3.05 bits per heavy atom. The van der Waals surface area contributed by atoms with Crippen LogP contribution in [0.4, 0.5) is 0 Å². The van der Waals surface area contributed by atoms with Gasteiger partial charge >= 0.3 is 5.97 Å². The number of likely N-dealkylation sites (tertiary alicyclic amines) is 1. The lowest BCUT2D eigenvalue weighted by Crippen LogP contribution is -2.48. The number of rotatable bonds is 6. The van der Waals surface area contributed by atoms with Crippen molar-refractivity contribution in [2.45, 2.75) is 39.0 Å². The van der Waals surface area contributed by atoms with E-state index >= 15 is 0 Å². The number of carbonyl (C=O) groups is 1. The summed E-state index contributed by atoms with van der Waals surface area (Å²) in [4.78, 5) is 14.0. The molecule has 19 heavy (non-hydrogen) atoms. The largest absolute Gasteiger partial charge is 0.481 e. The quantitative estimate of drug-likeness (QED) is 0.870. The molecular weight excluding hydrogens is 258 g/mol. The zero-order valence-corrected chi connectivity index (χ0v) is 12.4. The van der Waals surface area contributed by atoms with Crippen molar-refractivity contribution in [2.75, 3.05) is 19.6 Å². The minimum absolute atomic E-state index is 0.498. The van der Waals surface area contributed by atoms with Gasteiger partial charge in [0.05, 0.1) is 5.41 Å². The Morgan fingerprint density at radius 2 is 2.42 bits per heavy atom. The number of hydrogen-bond donors (Lipinski definition) is 1. The molecule has 1 aliphatic rings. The van der Waals surface area contributed by atoms with Gasteiger partial charge in [0, 0.05) is 13.1 Å². The van der Waals surface area contributed by atoms with Gasteiger partial charge < -0.3 is 10.0 Å². The van der Waals surface area contributed by atoms with E-state index in [9.17, 15) is 9.90 Å². The zero-order chi connectivity index (χ0) is 13.7. The van der Waals surface area contributed by atoms with Crippen LogP contribution < -0.4 is 0 Å². The fourth-order valence-electron chi connectivity index (χ4n) is 3.10. The first-order valence-electron chi connectivity index (χ1n) is 7.13. The molecule has 0 saturated carbocycles. The maximum absolute atomic E-state index is 11.6. The Morgan fingerprint density at radius 1 is 1.58 bits per heavy atom. The summed E-state index contributed by atoms with van der Waals surface area (Å²) < 4.78 is 0. The second-order valence-corrected chi connectivity index (χ2v) is 6.38. The van der Waals surface area contributed by atoms with Crippen molar-refractivity contribution in [2.24, 2.45) is 5.41 Å². The van der Waals surface area contributed by atoms with Crippen molar-refractivity contribution in [1.82, 2.24) is 4.90 Å². The molecule has 1 aromatic rings. The highest BCUT2D eigenvalue weighted by Crippen LogP contribution is 2.35. The van der Waals surface area contributed by atoms with Crippen LogP contribution in [0.25, 0.3) is 0 Å². The van der Waals surface area contributed by atoms with Crippen LogP contribution in [0.1, 0.15) is 38.2 Å². The Balaban J connectivity index is 1.93. The molecule has 3 nitrogen and oxygen atoms in total. The summed E-state index contributed by atoms with van der Waals surface area (Å²) in [5.74, 6) is -0.602. The van der Waals surface area contributed by atoms with Crippen molar-refractivity contribution in [3.05, 3.63) is 22.4 Å². The molecule has 4 heteroatoms. The second kappa shape index (κ2) is 6.53. The van der Waals surface area contributed by atoms with E-state index in [1.54, 1.807) is 11.3 Å². The molecule has 0 radical (unpaired) electrons. The summed E-state index contributed by atoms with van der Waals surface area (Å²) in [6, 6.07) is 2.16. The summed E-state index contributed by atoms with van der Waals surface area (Å²) in [6.45, 7) is 4.83. The first-order chi connectivity index (χ1) is 9.16. The molecule has 1 aliphatic heterocycles. The maximum Gasteiger partial charge on any atom is 0.310 e. The van der Waals surface area contributed by atoms with Crippen LogP contribution in [0.3, 0.4) is 0 Å². The third-order valence-corrected chi connectivity index (χ3v) is 4.87. The van der Waals surface area contributed by atoms with Gasteiger partial charge in [-0.15, -0.1) is 0 Å². The lowest BCUT2D eigenvalue weighted by atomic mass is 9.76. The Bertz CT molecular complexity index is 400. The molecule has 2 heterocycles. The molecule has 0 spiro atoms. The molecule has 0 amide bonds. The summed E-state index contributed by atoms with van der Waals surface area (Å²) in [5.41, 5.74) is 0.869. The molecule has 1 unspecified atom stereocenters. The fourth-order valence-corrected chi connectivity index (χ4v) is 3.81. The van der Waals surface area contributed by atoms with Crippen molar-refractivity contribution in [1.29, 1.82) is 0 Å². The average Bonchev–Trinajstić information content (AvgIpc) is 2.90. The monoisotopic (exact) mass is 281 g/mol. The lowest BCUT2D eigenvalue weighted by molar-refractivity contribution is -0.153. The average molecular weight is 281 g/mol. The van der Waals surface area contributed by atoms with E-state index in [0.29, 0.717) is 0 Å². The Labute approximate surface area is 119 Å². The molecular formula is C15H23NO2S. The van der Waals surface area contributed by atoms with Gasteiger partial charge in [-0.3, -0.25) is 4.79 Å². The van der Waals surface area contributed by atoms with Crippen LogP contribution in [0.5, 0.6) is 0 Å². The first-order valence-corrected chi connectivity index (χ1v) is 8.07.